The van der Waals surface area contributed by atoms with Crippen LogP contribution in [-0.4, -0.2) is 75.0 Å². The second-order valence-electron chi connectivity index (χ2n) is 14.7. The number of carbonyl (C=O) groups is 2. The molecule has 4 aromatic carbocycles. The fourth-order valence-corrected chi connectivity index (χ4v) is 7.48. The number of carbonyl (C=O) groups excluding carboxylic acids is 2. The highest BCUT2D eigenvalue weighted by molar-refractivity contribution is 6.34. The quantitative estimate of drug-likeness (QED) is 0.120. The van der Waals surface area contributed by atoms with Gasteiger partial charge in [0.1, 0.15) is 11.0 Å². The van der Waals surface area contributed by atoms with Crippen LogP contribution in [0.2, 0.25) is 5.02 Å². The van der Waals surface area contributed by atoms with Gasteiger partial charge in [0.2, 0.25) is 0 Å². The molecule has 0 fully saturated rings. The second-order valence-corrected chi connectivity index (χ2v) is 15.2. The van der Waals surface area contributed by atoms with Crippen LogP contribution in [0.15, 0.2) is 140 Å². The number of nitrogens with zero attached hydrogens (tertiary/aromatic N) is 10. The highest BCUT2D eigenvalue weighted by atomic mass is 35.5. The molecule has 10 rings (SSSR count). The predicted octanol–water partition coefficient (Wildman–Crippen LogP) is 8.72. The average Bonchev–Trinajstić information content (AvgIpc) is 3.92. The third-order valence-corrected chi connectivity index (χ3v) is 10.7. The summed E-state index contributed by atoms with van der Waals surface area (Å²) < 4.78 is 3.59. The van der Waals surface area contributed by atoms with Crippen molar-refractivity contribution in [3.05, 3.63) is 162 Å². The standard InChI is InChI=1S/C24H19ClN6O.C24H21N7O/c1-2-26-24(32)18-7-6-17(13-19(18)25)21-9-10-22-23(28-21)31(30-29-22)14-15-5-8-20-16(12-15)4-3-11-27-20;1-2-25-24(32)27-19-8-6-17(7-9-19)21-11-12-22-23(28-21)31(30-29-22)15-16-5-10-20-18(14-16)4-3-13-26-20/h3-13H,2,14H2,1H3,(H,26,32);3-14H,2,15H2,1H3,(H2,25,27,32). The Morgan fingerprint density at radius 1 is 0.578 bits per heavy atom. The van der Waals surface area contributed by atoms with Crippen molar-refractivity contribution in [3.63, 3.8) is 0 Å². The van der Waals surface area contributed by atoms with Crippen LogP contribution in [0.4, 0.5) is 10.5 Å². The van der Waals surface area contributed by atoms with E-state index in [2.05, 4.69) is 58.7 Å². The molecule has 16 heteroatoms. The minimum atomic E-state index is -0.223. The monoisotopic (exact) mass is 865 g/mol. The van der Waals surface area contributed by atoms with Gasteiger partial charge in [0.05, 0.1) is 46.1 Å². The molecular formula is C48H40ClN13O2. The van der Waals surface area contributed by atoms with E-state index in [1.807, 2.05) is 117 Å². The summed E-state index contributed by atoms with van der Waals surface area (Å²) in [5, 5.41) is 27.9. The van der Waals surface area contributed by atoms with E-state index < -0.39 is 0 Å². The molecular weight excluding hydrogens is 826 g/mol. The molecule has 0 spiro atoms. The van der Waals surface area contributed by atoms with E-state index >= 15 is 0 Å². The van der Waals surface area contributed by atoms with Crippen molar-refractivity contribution in [2.75, 3.05) is 18.4 Å². The molecule has 0 unspecified atom stereocenters. The summed E-state index contributed by atoms with van der Waals surface area (Å²) in [5.74, 6) is -0.194. The van der Waals surface area contributed by atoms with Crippen LogP contribution in [0.1, 0.15) is 35.3 Å². The molecule has 10 aromatic rings. The van der Waals surface area contributed by atoms with Crippen molar-refractivity contribution in [2.24, 2.45) is 0 Å². The summed E-state index contributed by atoms with van der Waals surface area (Å²) in [6.07, 6.45) is 3.58. The van der Waals surface area contributed by atoms with E-state index in [9.17, 15) is 9.59 Å². The van der Waals surface area contributed by atoms with E-state index in [0.717, 1.165) is 72.3 Å². The molecule has 0 radical (unpaired) electrons. The molecule has 64 heavy (non-hydrogen) atoms. The number of aromatic nitrogens is 10. The highest BCUT2D eigenvalue weighted by Gasteiger charge is 2.15. The number of nitrogens with one attached hydrogen (secondary N) is 3. The smallest absolute Gasteiger partial charge is 0.319 e. The lowest BCUT2D eigenvalue weighted by Gasteiger charge is -2.08. The summed E-state index contributed by atoms with van der Waals surface area (Å²) in [5.41, 5.74) is 11.4. The fourth-order valence-electron chi connectivity index (χ4n) is 7.21. The van der Waals surface area contributed by atoms with Crippen molar-refractivity contribution >= 4 is 73.4 Å². The number of halogens is 1. The Morgan fingerprint density at radius 3 is 1.66 bits per heavy atom. The number of benzene rings is 4. The van der Waals surface area contributed by atoms with Crippen LogP contribution in [0.5, 0.6) is 0 Å². The molecule has 316 valence electrons. The van der Waals surface area contributed by atoms with Gasteiger partial charge >= 0.3 is 6.03 Å². The predicted molar refractivity (Wildman–Crippen MR) is 249 cm³/mol. The molecule has 0 saturated heterocycles. The summed E-state index contributed by atoms with van der Waals surface area (Å²) >= 11 is 6.37. The highest BCUT2D eigenvalue weighted by Crippen LogP contribution is 2.27. The van der Waals surface area contributed by atoms with Crippen molar-refractivity contribution in [2.45, 2.75) is 26.9 Å². The number of anilines is 1. The zero-order valence-corrected chi connectivity index (χ0v) is 35.5. The van der Waals surface area contributed by atoms with E-state index in [4.69, 9.17) is 21.6 Å². The molecule has 3 N–H and O–H groups in total. The van der Waals surface area contributed by atoms with Crippen LogP contribution in [0.25, 0.3) is 66.6 Å². The first-order valence-corrected chi connectivity index (χ1v) is 21.0. The van der Waals surface area contributed by atoms with Crippen LogP contribution in [0, 0.1) is 0 Å². The van der Waals surface area contributed by atoms with E-state index in [0.29, 0.717) is 47.9 Å². The van der Waals surface area contributed by atoms with E-state index in [-0.39, 0.29) is 11.9 Å². The SMILES string of the molecule is CCNC(=O)Nc1ccc(-c2ccc3nnn(Cc4ccc5ncccc5c4)c3n2)cc1.CCNC(=O)c1ccc(-c2ccc3nnn(Cc4ccc5ncccc5c4)c3n2)cc1Cl. The van der Waals surface area contributed by atoms with Crippen molar-refractivity contribution in [1.82, 2.24) is 60.6 Å². The Hall–Kier alpha value is -8.17. The van der Waals surface area contributed by atoms with Gasteiger partial charge in [-0.25, -0.2) is 24.1 Å². The summed E-state index contributed by atoms with van der Waals surface area (Å²) in [6, 6.07) is 40.5. The molecule has 6 aromatic heterocycles. The van der Waals surface area contributed by atoms with Gasteiger partial charge in [-0.3, -0.25) is 14.8 Å². The van der Waals surface area contributed by atoms with Crippen LogP contribution in [0.3, 0.4) is 0 Å². The number of hydrogen-bond donors (Lipinski definition) is 3. The third kappa shape index (κ3) is 9.05. The first-order valence-electron chi connectivity index (χ1n) is 20.6. The molecule has 0 bridgehead atoms. The lowest BCUT2D eigenvalue weighted by molar-refractivity contribution is 0.0956. The normalized spacial score (nSPS) is 11.1. The van der Waals surface area contributed by atoms with Gasteiger partial charge in [-0.1, -0.05) is 64.5 Å². The Labute approximate surface area is 371 Å². The molecule has 6 heterocycles. The summed E-state index contributed by atoms with van der Waals surface area (Å²) in [4.78, 5) is 42.1. The Bertz CT molecular complexity index is 3310. The van der Waals surface area contributed by atoms with Crippen LogP contribution < -0.4 is 16.0 Å². The Kier molecular flexibility index (Phi) is 11.9. The first kappa shape index (κ1) is 41.2. The summed E-state index contributed by atoms with van der Waals surface area (Å²) in [6.45, 7) is 5.96. The fraction of sp³-hybridized carbons (Fsp3) is 0.125. The van der Waals surface area contributed by atoms with Gasteiger partial charge in [0.25, 0.3) is 5.91 Å². The maximum atomic E-state index is 12.1. The number of pyridine rings is 4. The molecule has 0 aliphatic heterocycles. The largest absolute Gasteiger partial charge is 0.352 e. The number of fused-ring (bicyclic) bond motifs is 4. The number of amides is 3. The van der Waals surface area contributed by atoms with E-state index in [1.54, 1.807) is 33.9 Å². The van der Waals surface area contributed by atoms with Crippen molar-refractivity contribution in [3.8, 4) is 22.5 Å². The molecule has 0 saturated carbocycles. The van der Waals surface area contributed by atoms with Crippen molar-refractivity contribution < 1.29 is 9.59 Å². The van der Waals surface area contributed by atoms with Gasteiger partial charge < -0.3 is 16.0 Å². The third-order valence-electron chi connectivity index (χ3n) is 10.3. The lowest BCUT2D eigenvalue weighted by Crippen LogP contribution is -2.28. The van der Waals surface area contributed by atoms with Gasteiger partial charge in [-0.05, 0) is 110 Å². The van der Waals surface area contributed by atoms with Crippen LogP contribution in [-0.2, 0) is 13.1 Å². The van der Waals surface area contributed by atoms with Crippen molar-refractivity contribution in [1.29, 1.82) is 0 Å². The maximum Gasteiger partial charge on any atom is 0.319 e. The first-order chi connectivity index (χ1) is 31.3. The molecule has 0 aliphatic carbocycles. The lowest BCUT2D eigenvalue weighted by atomic mass is 10.1. The Balaban J connectivity index is 0.000000162. The zero-order chi connectivity index (χ0) is 44.0. The maximum absolute atomic E-state index is 12.1. The minimum absolute atomic E-state index is 0.194. The second kappa shape index (κ2) is 18.4. The molecule has 15 nitrogen and oxygen atoms in total. The Morgan fingerprint density at radius 2 is 1.11 bits per heavy atom. The summed E-state index contributed by atoms with van der Waals surface area (Å²) in [7, 11) is 0. The molecule has 0 aliphatic rings. The number of rotatable bonds is 10. The number of hydrogen-bond acceptors (Lipinski definition) is 10. The van der Waals surface area contributed by atoms with Gasteiger partial charge in [-0.15, -0.1) is 10.2 Å². The molecule has 0 atom stereocenters. The average molecular weight is 866 g/mol. The van der Waals surface area contributed by atoms with Gasteiger partial charge in [0, 0.05) is 53.1 Å². The van der Waals surface area contributed by atoms with Gasteiger partial charge in [0.15, 0.2) is 11.3 Å². The van der Waals surface area contributed by atoms with E-state index in [1.165, 1.54) is 0 Å². The number of urea groups is 1. The zero-order valence-electron chi connectivity index (χ0n) is 34.8. The minimum Gasteiger partial charge on any atom is -0.352 e. The van der Waals surface area contributed by atoms with Crippen LogP contribution >= 0.6 is 11.6 Å². The van der Waals surface area contributed by atoms with Gasteiger partial charge in [-0.2, -0.15) is 0 Å². The molecule has 3 amide bonds. The topological polar surface area (TPSA) is 183 Å².